The maximum Gasteiger partial charge on any atom is 0.253 e. The summed E-state index contributed by atoms with van der Waals surface area (Å²) < 4.78 is 1.95. The first-order chi connectivity index (χ1) is 18.8. The number of aromatic nitrogens is 1. The van der Waals surface area contributed by atoms with Crippen molar-refractivity contribution in [2.45, 2.75) is 45.6 Å². The van der Waals surface area contributed by atoms with Crippen LogP contribution >= 0.6 is 12.2 Å². The molecule has 1 aromatic heterocycles. The molecule has 7 nitrogen and oxygen atoms in total. The predicted molar refractivity (Wildman–Crippen MR) is 161 cm³/mol. The lowest BCUT2D eigenvalue weighted by atomic mass is 9.83. The molecule has 1 amide bonds. The van der Waals surface area contributed by atoms with Crippen LogP contribution < -0.4 is 21.1 Å². The van der Waals surface area contributed by atoms with E-state index >= 15 is 0 Å². The molecule has 2 N–H and O–H groups in total. The number of nitrogens with zero attached hydrogens (tertiary/aromatic N) is 3. The van der Waals surface area contributed by atoms with E-state index in [-0.39, 0.29) is 17.4 Å². The summed E-state index contributed by atoms with van der Waals surface area (Å²) in [6.45, 7) is 8.16. The molecule has 2 saturated heterocycles. The summed E-state index contributed by atoms with van der Waals surface area (Å²) in [4.78, 5) is 30.1. The third-order valence-electron chi connectivity index (χ3n) is 8.18. The van der Waals surface area contributed by atoms with E-state index in [4.69, 9.17) is 12.2 Å². The minimum Gasteiger partial charge on any atom is -0.369 e. The Morgan fingerprint density at radius 2 is 1.69 bits per heavy atom. The number of rotatable bonds is 4. The molecule has 4 heterocycles. The van der Waals surface area contributed by atoms with Gasteiger partial charge >= 0.3 is 0 Å². The lowest BCUT2D eigenvalue weighted by Gasteiger charge is -2.44. The van der Waals surface area contributed by atoms with Crippen LogP contribution in [0.4, 0.5) is 17.1 Å². The Bertz CT molecular complexity index is 1470. The number of fused-ring (bicyclic) bond motifs is 4. The summed E-state index contributed by atoms with van der Waals surface area (Å²) >= 11 is 5.75. The fourth-order valence-electron chi connectivity index (χ4n) is 6.57. The number of likely N-dealkylation sites (tertiary alicyclic amines) is 1. The van der Waals surface area contributed by atoms with Crippen LogP contribution in [0.2, 0.25) is 0 Å². The summed E-state index contributed by atoms with van der Waals surface area (Å²) in [5.41, 5.74) is 7.00. The normalized spacial score (nSPS) is 19.9. The van der Waals surface area contributed by atoms with Crippen LogP contribution in [0.25, 0.3) is 0 Å². The van der Waals surface area contributed by atoms with Gasteiger partial charge in [0.05, 0.1) is 11.4 Å². The van der Waals surface area contributed by atoms with Gasteiger partial charge in [0.2, 0.25) is 0 Å². The van der Waals surface area contributed by atoms with Gasteiger partial charge in [0.25, 0.3) is 11.5 Å². The van der Waals surface area contributed by atoms with Crippen molar-refractivity contribution in [1.82, 2.24) is 9.47 Å². The van der Waals surface area contributed by atoms with E-state index in [0.29, 0.717) is 16.6 Å². The number of nitrogens with one attached hydrogen (secondary N) is 2. The van der Waals surface area contributed by atoms with E-state index in [1.807, 2.05) is 27.7 Å². The molecule has 0 radical (unpaired) electrons. The molecule has 0 saturated carbocycles. The number of aryl methyl sites for hydroxylation is 2. The number of hydrogen-bond donors (Lipinski definition) is 2. The van der Waals surface area contributed by atoms with Crippen molar-refractivity contribution in [3.63, 3.8) is 0 Å². The van der Waals surface area contributed by atoms with Crippen LogP contribution in [0.15, 0.2) is 59.4 Å². The van der Waals surface area contributed by atoms with Crippen LogP contribution in [-0.4, -0.2) is 46.7 Å². The summed E-state index contributed by atoms with van der Waals surface area (Å²) in [6.07, 6.45) is 3.20. The molecule has 2 atom stereocenters. The molecule has 2 aromatic carbocycles. The quantitative estimate of drug-likeness (QED) is 0.446. The first-order valence-electron chi connectivity index (χ1n) is 13.9. The molecule has 0 unspecified atom stereocenters. The molecule has 0 spiro atoms. The van der Waals surface area contributed by atoms with Crippen molar-refractivity contribution in [3.8, 4) is 0 Å². The second-order valence-corrected chi connectivity index (χ2v) is 11.7. The van der Waals surface area contributed by atoms with E-state index in [2.05, 4.69) is 59.7 Å². The maximum atomic E-state index is 13.3. The van der Waals surface area contributed by atoms with Crippen LogP contribution in [0, 0.1) is 19.8 Å². The van der Waals surface area contributed by atoms with Gasteiger partial charge in [-0.3, -0.25) is 9.59 Å². The summed E-state index contributed by atoms with van der Waals surface area (Å²) in [6, 6.07) is 17.8. The molecule has 8 heteroatoms. The average molecular weight is 542 g/mol. The van der Waals surface area contributed by atoms with E-state index in [9.17, 15) is 9.59 Å². The number of hydrogen-bond acceptors (Lipinski definition) is 4. The monoisotopic (exact) mass is 541 g/mol. The van der Waals surface area contributed by atoms with Crippen LogP contribution in [0.3, 0.4) is 0 Å². The number of carbonyl (C=O) groups excluding carboxylic acids is 1. The van der Waals surface area contributed by atoms with Crippen molar-refractivity contribution in [2.24, 2.45) is 5.92 Å². The number of thiocarbonyl (C=S) groups is 1. The smallest absolute Gasteiger partial charge is 0.253 e. The van der Waals surface area contributed by atoms with Crippen molar-refractivity contribution < 1.29 is 4.79 Å². The Balaban J connectivity index is 1.30. The van der Waals surface area contributed by atoms with E-state index in [1.165, 1.54) is 11.1 Å². The Morgan fingerprint density at radius 1 is 0.923 bits per heavy atom. The topological polar surface area (TPSA) is 69.6 Å². The van der Waals surface area contributed by atoms with Gasteiger partial charge in [0.15, 0.2) is 5.11 Å². The zero-order valence-corrected chi connectivity index (χ0v) is 23.4. The fraction of sp³-hybridized carbons (Fsp3) is 0.387. The standard InChI is InChI=1S/C31H35N5O2S/c1-20-12-21(2)14-25(13-20)32-31(39)33-26-16-23(30(38)34-10-3-4-11-34)8-9-28(26)35-17-22-15-24(19-35)27-6-5-7-29(37)36(27)18-22/h5-9,12-14,16,22,24H,3-4,10-11,15,17-19H2,1-2H3,(H2,32,33,39)/t22-,24+/m1/s1. The molecular weight excluding hydrogens is 506 g/mol. The first-order valence-corrected chi connectivity index (χ1v) is 14.3. The van der Waals surface area contributed by atoms with E-state index in [0.717, 1.165) is 74.7 Å². The van der Waals surface area contributed by atoms with Gasteiger partial charge in [-0.25, -0.2) is 0 Å². The molecular formula is C31H35N5O2S. The molecule has 3 aliphatic heterocycles. The van der Waals surface area contributed by atoms with Crippen LogP contribution in [-0.2, 0) is 6.54 Å². The molecule has 6 rings (SSSR count). The van der Waals surface area contributed by atoms with Crippen molar-refractivity contribution in [1.29, 1.82) is 0 Å². The van der Waals surface area contributed by atoms with E-state index in [1.54, 1.807) is 6.07 Å². The van der Waals surface area contributed by atoms with Gasteiger partial charge in [-0.05, 0) is 98.8 Å². The average Bonchev–Trinajstić information content (AvgIpc) is 3.43. The summed E-state index contributed by atoms with van der Waals surface area (Å²) in [7, 11) is 0. The van der Waals surface area contributed by atoms with E-state index < -0.39 is 0 Å². The van der Waals surface area contributed by atoms with Crippen molar-refractivity contribution >= 4 is 40.3 Å². The number of pyridine rings is 1. The predicted octanol–water partition coefficient (Wildman–Crippen LogP) is 5.13. The van der Waals surface area contributed by atoms with Crippen LogP contribution in [0.1, 0.15) is 52.4 Å². The number of piperidine rings is 1. The second kappa shape index (κ2) is 10.5. The SMILES string of the molecule is Cc1cc(C)cc(NC(=S)Nc2cc(C(=O)N3CCCC3)ccc2N2C[C@H]3C[C@@H](C2)c2cccc(=O)n2C3)c1. The molecule has 3 aliphatic rings. The van der Waals surface area contributed by atoms with Gasteiger partial charge in [0.1, 0.15) is 0 Å². The highest BCUT2D eigenvalue weighted by molar-refractivity contribution is 7.80. The largest absolute Gasteiger partial charge is 0.369 e. The molecule has 202 valence electrons. The lowest BCUT2D eigenvalue weighted by molar-refractivity contribution is 0.0793. The molecule has 0 aliphatic carbocycles. The van der Waals surface area contributed by atoms with Crippen molar-refractivity contribution in [3.05, 3.63) is 87.3 Å². The number of benzene rings is 2. The third-order valence-corrected chi connectivity index (χ3v) is 8.39. The highest BCUT2D eigenvalue weighted by Gasteiger charge is 2.35. The molecule has 3 aromatic rings. The number of anilines is 3. The molecule has 39 heavy (non-hydrogen) atoms. The van der Waals surface area contributed by atoms with Gasteiger partial charge in [-0.2, -0.15) is 0 Å². The number of amides is 1. The second-order valence-electron chi connectivity index (χ2n) is 11.3. The first kappa shape index (κ1) is 25.6. The molecule has 2 bridgehead atoms. The van der Waals surface area contributed by atoms with Crippen molar-refractivity contribution in [2.75, 3.05) is 41.7 Å². The summed E-state index contributed by atoms with van der Waals surface area (Å²) in [5, 5.41) is 7.25. The third kappa shape index (κ3) is 5.30. The van der Waals surface area contributed by atoms with Gasteiger partial charge in [-0.15, -0.1) is 0 Å². The van der Waals surface area contributed by atoms with Crippen LogP contribution in [0.5, 0.6) is 0 Å². The number of carbonyl (C=O) groups is 1. The zero-order valence-electron chi connectivity index (χ0n) is 22.6. The Morgan fingerprint density at radius 3 is 2.46 bits per heavy atom. The Hall–Kier alpha value is -3.65. The summed E-state index contributed by atoms with van der Waals surface area (Å²) in [5.74, 6) is 0.736. The van der Waals surface area contributed by atoms with Gasteiger partial charge in [-0.1, -0.05) is 12.1 Å². The Kier molecular flexibility index (Phi) is 6.89. The highest BCUT2D eigenvalue weighted by atomic mass is 32.1. The minimum absolute atomic E-state index is 0.0686. The Labute approximate surface area is 234 Å². The van der Waals surface area contributed by atoms with Gasteiger partial charge in [0, 0.05) is 61.7 Å². The fourth-order valence-corrected chi connectivity index (χ4v) is 6.80. The highest BCUT2D eigenvalue weighted by Crippen LogP contribution is 2.39. The lowest BCUT2D eigenvalue weighted by Crippen LogP contribution is -2.47. The molecule has 2 fully saturated rings. The minimum atomic E-state index is 0.0686. The van der Waals surface area contributed by atoms with Gasteiger partial charge < -0.3 is 25.0 Å². The zero-order chi connectivity index (χ0) is 27.1. The maximum absolute atomic E-state index is 13.3.